The van der Waals surface area contributed by atoms with Gasteiger partial charge in [0, 0.05) is 49.9 Å². The Morgan fingerprint density at radius 1 is 1.21 bits per heavy atom. The van der Waals surface area contributed by atoms with Crippen LogP contribution < -0.4 is 15.8 Å². The third kappa shape index (κ3) is 4.94. The molecule has 184 valence electrons. The van der Waals surface area contributed by atoms with E-state index in [4.69, 9.17) is 0 Å². The third-order valence-electron chi connectivity index (χ3n) is 6.84. The van der Waals surface area contributed by atoms with E-state index < -0.39 is 23.6 Å². The molecule has 0 radical (unpaired) electrons. The van der Waals surface area contributed by atoms with Crippen molar-refractivity contribution in [3.8, 4) is 0 Å². The van der Waals surface area contributed by atoms with Gasteiger partial charge in [-0.1, -0.05) is 13.0 Å². The van der Waals surface area contributed by atoms with Gasteiger partial charge in [-0.15, -0.1) is 0 Å². The number of halogens is 3. The predicted molar refractivity (Wildman–Crippen MR) is 121 cm³/mol. The molecule has 1 amide bonds. The van der Waals surface area contributed by atoms with E-state index in [1.54, 1.807) is 4.90 Å². The zero-order chi connectivity index (χ0) is 24.5. The van der Waals surface area contributed by atoms with Gasteiger partial charge in [-0.2, -0.15) is 13.2 Å². The molecule has 0 bridgehead atoms. The smallest absolute Gasteiger partial charge is 0.368 e. The molecule has 1 atom stereocenters. The summed E-state index contributed by atoms with van der Waals surface area (Å²) in [6, 6.07) is 4.16. The first kappa shape index (κ1) is 24.2. The van der Waals surface area contributed by atoms with Crippen LogP contribution in [0.15, 0.2) is 23.1 Å². The molecule has 2 aromatic heterocycles. The Morgan fingerprint density at radius 2 is 1.94 bits per heavy atom. The van der Waals surface area contributed by atoms with Crippen LogP contribution in [-0.2, 0) is 12.6 Å². The van der Waals surface area contributed by atoms with Gasteiger partial charge < -0.3 is 15.2 Å². The fourth-order valence-electron chi connectivity index (χ4n) is 4.92. The number of aromatic amines is 1. The minimum atomic E-state index is -4.69. The first-order chi connectivity index (χ1) is 16.2. The number of amides is 1. The number of pyridine rings is 1. The number of rotatable bonds is 5. The number of aromatic nitrogens is 3. The Kier molecular flexibility index (Phi) is 6.92. The van der Waals surface area contributed by atoms with E-state index in [1.807, 2.05) is 19.1 Å². The normalized spacial score (nSPS) is 20.0. The molecule has 0 aromatic carbocycles. The summed E-state index contributed by atoms with van der Waals surface area (Å²) < 4.78 is 41.0. The van der Waals surface area contributed by atoms with Crippen molar-refractivity contribution in [3.63, 3.8) is 0 Å². The summed E-state index contributed by atoms with van der Waals surface area (Å²) in [4.78, 5) is 38.3. The number of piperidine rings is 1. The van der Waals surface area contributed by atoms with Crippen LogP contribution in [0.4, 0.5) is 18.9 Å². The summed E-state index contributed by atoms with van der Waals surface area (Å²) in [6.45, 7) is 4.56. The molecule has 2 N–H and O–H groups in total. The average molecular weight is 479 g/mol. The van der Waals surface area contributed by atoms with Crippen molar-refractivity contribution < 1.29 is 18.0 Å². The first-order valence-electron chi connectivity index (χ1n) is 11.6. The van der Waals surface area contributed by atoms with Gasteiger partial charge in [0.2, 0.25) is 5.82 Å². The maximum absolute atomic E-state index is 13.7. The van der Waals surface area contributed by atoms with E-state index in [-0.39, 0.29) is 23.2 Å². The number of likely N-dealkylation sites (tertiary alicyclic amines) is 1. The summed E-state index contributed by atoms with van der Waals surface area (Å²) >= 11 is 0. The van der Waals surface area contributed by atoms with Crippen molar-refractivity contribution in [3.05, 3.63) is 51.5 Å². The number of hydrogen-bond acceptors (Lipinski definition) is 6. The number of nitrogens with one attached hydrogen (secondary N) is 2. The van der Waals surface area contributed by atoms with Crippen LogP contribution in [0.1, 0.15) is 59.7 Å². The van der Waals surface area contributed by atoms with Crippen molar-refractivity contribution in [2.24, 2.45) is 0 Å². The molecule has 2 aliphatic heterocycles. The number of carbonyl (C=O) groups is 1. The van der Waals surface area contributed by atoms with E-state index in [1.165, 1.54) is 7.05 Å². The van der Waals surface area contributed by atoms with Crippen molar-refractivity contribution in [2.45, 2.75) is 50.7 Å². The molecule has 2 saturated heterocycles. The van der Waals surface area contributed by atoms with E-state index in [2.05, 4.69) is 25.2 Å². The van der Waals surface area contributed by atoms with Gasteiger partial charge in [-0.25, -0.2) is 9.97 Å². The number of anilines is 1. The largest absolute Gasteiger partial charge is 0.435 e. The molecular weight excluding hydrogens is 449 g/mol. The summed E-state index contributed by atoms with van der Waals surface area (Å²) in [6.07, 6.45) is -0.526. The number of hydrogen-bond donors (Lipinski definition) is 2. The highest BCUT2D eigenvalue weighted by atomic mass is 19.4. The standard InChI is InChI=1S/C23H29F3N6O2/c1-3-14-4-5-17(29-21(14)33)15-6-9-32(13-15)16-7-10-31(11-8-16)18-12-28-20(22(34)27-2)30-19(18)23(24,25)26/h4-5,12,15-16H,3,6-11,13H2,1-2H3,(H,27,34)(H,29,33). The first-order valence-corrected chi connectivity index (χ1v) is 11.6. The van der Waals surface area contributed by atoms with Gasteiger partial charge >= 0.3 is 6.18 Å². The van der Waals surface area contributed by atoms with E-state index >= 15 is 0 Å². The molecule has 4 rings (SSSR count). The Morgan fingerprint density at radius 3 is 2.56 bits per heavy atom. The highest BCUT2D eigenvalue weighted by Crippen LogP contribution is 2.37. The second-order valence-corrected chi connectivity index (χ2v) is 8.82. The Labute approximate surface area is 195 Å². The lowest BCUT2D eigenvalue weighted by Crippen LogP contribution is -2.44. The molecule has 0 aliphatic carbocycles. The molecule has 34 heavy (non-hydrogen) atoms. The number of carbonyl (C=O) groups excluding carboxylic acids is 1. The fraction of sp³-hybridized carbons (Fsp3) is 0.565. The fourth-order valence-corrected chi connectivity index (χ4v) is 4.92. The molecule has 2 aliphatic rings. The quantitative estimate of drug-likeness (QED) is 0.686. The second-order valence-electron chi connectivity index (χ2n) is 8.82. The average Bonchev–Trinajstić information content (AvgIpc) is 3.33. The number of aryl methyl sites for hydroxylation is 1. The molecule has 11 heteroatoms. The molecule has 0 spiro atoms. The summed E-state index contributed by atoms with van der Waals surface area (Å²) in [5, 5.41) is 2.25. The zero-order valence-electron chi connectivity index (χ0n) is 19.3. The van der Waals surface area contributed by atoms with Crippen molar-refractivity contribution >= 4 is 11.6 Å². The van der Waals surface area contributed by atoms with Crippen LogP contribution in [0.25, 0.3) is 0 Å². The van der Waals surface area contributed by atoms with Crippen LogP contribution in [0.3, 0.4) is 0 Å². The van der Waals surface area contributed by atoms with Crippen LogP contribution >= 0.6 is 0 Å². The minimum Gasteiger partial charge on any atom is -0.368 e. The lowest BCUT2D eigenvalue weighted by Gasteiger charge is -2.38. The molecule has 1 unspecified atom stereocenters. The Balaban J connectivity index is 1.41. The Bertz CT molecular complexity index is 1090. The van der Waals surface area contributed by atoms with Gasteiger partial charge in [-0.05, 0) is 38.3 Å². The number of alkyl halides is 3. The second kappa shape index (κ2) is 9.73. The maximum Gasteiger partial charge on any atom is 0.435 e. The zero-order valence-corrected chi connectivity index (χ0v) is 19.3. The molecule has 4 heterocycles. The van der Waals surface area contributed by atoms with Gasteiger partial charge in [-0.3, -0.25) is 14.5 Å². The topological polar surface area (TPSA) is 94.2 Å². The summed E-state index contributed by atoms with van der Waals surface area (Å²) in [5.41, 5.74) is 0.519. The highest BCUT2D eigenvalue weighted by Gasteiger charge is 2.39. The van der Waals surface area contributed by atoms with Gasteiger partial charge in [0.05, 0.1) is 11.9 Å². The van der Waals surface area contributed by atoms with Crippen LogP contribution in [0, 0.1) is 0 Å². The van der Waals surface area contributed by atoms with E-state index in [0.29, 0.717) is 32.4 Å². The molecule has 2 fully saturated rings. The maximum atomic E-state index is 13.7. The Hall–Kier alpha value is -2.95. The molecule has 2 aromatic rings. The minimum absolute atomic E-state index is 0.0307. The van der Waals surface area contributed by atoms with E-state index in [9.17, 15) is 22.8 Å². The van der Waals surface area contributed by atoms with Crippen molar-refractivity contribution in [1.82, 2.24) is 25.2 Å². The third-order valence-corrected chi connectivity index (χ3v) is 6.84. The van der Waals surface area contributed by atoms with Crippen LogP contribution in [-0.4, -0.2) is 65.0 Å². The van der Waals surface area contributed by atoms with E-state index in [0.717, 1.165) is 37.0 Å². The highest BCUT2D eigenvalue weighted by molar-refractivity contribution is 5.90. The van der Waals surface area contributed by atoms with Gasteiger partial charge in [0.1, 0.15) is 0 Å². The van der Waals surface area contributed by atoms with Crippen LogP contribution in [0.5, 0.6) is 0 Å². The predicted octanol–water partition coefficient (Wildman–Crippen LogP) is 2.56. The lowest BCUT2D eigenvalue weighted by atomic mass is 10.0. The van der Waals surface area contributed by atoms with Crippen molar-refractivity contribution in [2.75, 3.05) is 38.1 Å². The number of nitrogens with zero attached hydrogens (tertiary/aromatic N) is 4. The van der Waals surface area contributed by atoms with Crippen molar-refractivity contribution in [1.29, 1.82) is 0 Å². The molecule has 0 saturated carbocycles. The molecular formula is C23H29F3N6O2. The summed E-state index contributed by atoms with van der Waals surface area (Å²) in [7, 11) is 1.32. The monoisotopic (exact) mass is 478 g/mol. The lowest BCUT2D eigenvalue weighted by molar-refractivity contribution is -0.140. The van der Waals surface area contributed by atoms with Gasteiger partial charge in [0.25, 0.3) is 11.5 Å². The molecule has 8 nitrogen and oxygen atoms in total. The SMILES string of the molecule is CCc1ccc(C2CCN(C3CCN(c4cnc(C(=O)NC)nc4C(F)(F)F)CC3)C2)[nH]c1=O. The van der Waals surface area contributed by atoms with Gasteiger partial charge in [0.15, 0.2) is 5.69 Å². The summed E-state index contributed by atoms with van der Waals surface area (Å²) in [5.74, 6) is -1.01. The number of H-pyrrole nitrogens is 1. The van der Waals surface area contributed by atoms with Crippen LogP contribution in [0.2, 0.25) is 0 Å².